The Morgan fingerprint density at radius 2 is 1.93 bits per heavy atom. The quantitative estimate of drug-likeness (QED) is 0.672. The summed E-state index contributed by atoms with van der Waals surface area (Å²) in [5.74, 6) is -0.949. The molecule has 1 unspecified atom stereocenters. The first-order valence-electron chi connectivity index (χ1n) is 5.07. The van der Waals surface area contributed by atoms with E-state index in [9.17, 15) is 4.79 Å². The Labute approximate surface area is 86.1 Å². The van der Waals surface area contributed by atoms with Crippen molar-refractivity contribution >= 4 is 5.97 Å². The largest absolute Gasteiger partial charge is 0.480 e. The van der Waals surface area contributed by atoms with Gasteiger partial charge in [-0.1, -0.05) is 13.8 Å². The third-order valence-electron chi connectivity index (χ3n) is 2.63. The number of rotatable bonds is 6. The van der Waals surface area contributed by atoms with Gasteiger partial charge in [-0.05, 0) is 26.8 Å². The Kier molecular flexibility index (Phi) is 5.08. The van der Waals surface area contributed by atoms with Crippen LogP contribution in [0.5, 0.6) is 0 Å². The van der Waals surface area contributed by atoms with Gasteiger partial charge in [0.1, 0.15) is 5.54 Å². The Bertz CT molecular complexity index is 189. The minimum atomic E-state index is -1.16. The molecule has 0 fully saturated rings. The first-order valence-corrected chi connectivity index (χ1v) is 5.07. The van der Waals surface area contributed by atoms with Gasteiger partial charge in [-0.3, -0.25) is 4.79 Å². The minimum absolute atomic E-state index is 0.384. The summed E-state index contributed by atoms with van der Waals surface area (Å²) >= 11 is 0. The third-order valence-corrected chi connectivity index (χ3v) is 2.63. The second-order valence-electron chi connectivity index (χ2n) is 4.11. The molecule has 0 aromatic carbocycles. The van der Waals surface area contributed by atoms with Crippen LogP contribution in [0.4, 0.5) is 0 Å². The summed E-state index contributed by atoms with van der Waals surface area (Å²) < 4.78 is 0. The average molecular weight is 202 g/mol. The molecule has 0 saturated heterocycles. The summed E-state index contributed by atoms with van der Waals surface area (Å²) in [5, 5.41) is 8.87. The number of hydrogen-bond acceptors (Lipinski definition) is 3. The fourth-order valence-electron chi connectivity index (χ4n) is 1.63. The number of nitrogens with zero attached hydrogens (tertiary/aromatic N) is 1. The van der Waals surface area contributed by atoms with Crippen LogP contribution in [0, 0.1) is 0 Å². The van der Waals surface area contributed by atoms with Gasteiger partial charge in [-0.15, -0.1) is 0 Å². The van der Waals surface area contributed by atoms with Gasteiger partial charge in [0.15, 0.2) is 0 Å². The van der Waals surface area contributed by atoms with Crippen LogP contribution in [0.25, 0.3) is 0 Å². The second-order valence-corrected chi connectivity index (χ2v) is 4.11. The maximum atomic E-state index is 10.8. The molecule has 3 N–H and O–H groups in total. The van der Waals surface area contributed by atoms with Gasteiger partial charge in [0.25, 0.3) is 0 Å². The lowest BCUT2D eigenvalue weighted by Crippen LogP contribution is -2.54. The van der Waals surface area contributed by atoms with E-state index < -0.39 is 11.5 Å². The molecule has 0 bridgehead atoms. The Morgan fingerprint density at radius 1 is 1.50 bits per heavy atom. The summed E-state index contributed by atoms with van der Waals surface area (Å²) in [4.78, 5) is 12.8. The number of carboxylic acids is 1. The lowest BCUT2D eigenvalue weighted by Gasteiger charge is -2.31. The van der Waals surface area contributed by atoms with Gasteiger partial charge in [-0.25, -0.2) is 0 Å². The summed E-state index contributed by atoms with van der Waals surface area (Å²) in [5.41, 5.74) is 4.51. The molecular formula is C10H22N2O2. The molecule has 4 heteroatoms. The summed E-state index contributed by atoms with van der Waals surface area (Å²) in [6, 6.07) is 0.414. The van der Waals surface area contributed by atoms with E-state index in [4.69, 9.17) is 10.8 Å². The number of carbonyl (C=O) groups is 1. The van der Waals surface area contributed by atoms with Crippen LogP contribution in [0.15, 0.2) is 0 Å². The molecule has 0 spiro atoms. The monoisotopic (exact) mass is 202 g/mol. The molecule has 0 aliphatic carbocycles. The molecule has 0 aliphatic rings. The summed E-state index contributed by atoms with van der Waals surface area (Å²) in [6.45, 7) is 6.13. The van der Waals surface area contributed by atoms with E-state index in [2.05, 4.69) is 13.8 Å². The third kappa shape index (κ3) is 3.64. The SMILES string of the molecule is CCC(CC)N(C)CC(C)(N)C(=O)O. The lowest BCUT2D eigenvalue weighted by molar-refractivity contribution is -0.143. The highest BCUT2D eigenvalue weighted by Gasteiger charge is 2.30. The van der Waals surface area contributed by atoms with E-state index in [0.29, 0.717) is 12.6 Å². The number of likely N-dealkylation sites (N-methyl/N-ethyl adjacent to an activating group) is 1. The first-order chi connectivity index (χ1) is 6.35. The van der Waals surface area contributed by atoms with E-state index in [1.165, 1.54) is 0 Å². The molecule has 0 aromatic rings. The zero-order valence-electron chi connectivity index (χ0n) is 9.58. The molecule has 0 rings (SSSR count). The fourth-order valence-corrected chi connectivity index (χ4v) is 1.63. The van der Waals surface area contributed by atoms with E-state index in [1.807, 2.05) is 11.9 Å². The van der Waals surface area contributed by atoms with Crippen molar-refractivity contribution in [1.29, 1.82) is 0 Å². The normalized spacial score (nSPS) is 15.9. The molecule has 0 amide bonds. The van der Waals surface area contributed by atoms with Crippen molar-refractivity contribution in [2.24, 2.45) is 5.73 Å². The van der Waals surface area contributed by atoms with E-state index in [-0.39, 0.29) is 0 Å². The standard InChI is InChI=1S/C10H22N2O2/c1-5-8(6-2)12(4)7-10(3,11)9(13)14/h8H,5-7,11H2,1-4H3,(H,13,14). The van der Waals surface area contributed by atoms with Crippen molar-refractivity contribution in [2.45, 2.75) is 45.2 Å². The molecule has 0 saturated carbocycles. The molecular weight excluding hydrogens is 180 g/mol. The molecule has 0 radical (unpaired) electrons. The van der Waals surface area contributed by atoms with Gasteiger partial charge in [0.2, 0.25) is 0 Å². The summed E-state index contributed by atoms with van der Waals surface area (Å²) in [7, 11) is 1.92. The number of aliphatic carboxylic acids is 1. The maximum absolute atomic E-state index is 10.8. The zero-order chi connectivity index (χ0) is 11.4. The van der Waals surface area contributed by atoms with Crippen LogP contribution < -0.4 is 5.73 Å². The van der Waals surface area contributed by atoms with Crippen molar-refractivity contribution in [1.82, 2.24) is 4.90 Å². The minimum Gasteiger partial charge on any atom is -0.480 e. The molecule has 0 aliphatic heterocycles. The zero-order valence-corrected chi connectivity index (χ0v) is 9.58. The second kappa shape index (κ2) is 5.32. The highest BCUT2D eigenvalue weighted by atomic mass is 16.4. The van der Waals surface area contributed by atoms with Crippen LogP contribution >= 0.6 is 0 Å². The molecule has 0 heterocycles. The molecule has 14 heavy (non-hydrogen) atoms. The van der Waals surface area contributed by atoms with Crippen molar-refractivity contribution in [3.8, 4) is 0 Å². The van der Waals surface area contributed by atoms with Gasteiger partial charge in [-0.2, -0.15) is 0 Å². The molecule has 1 atom stereocenters. The molecule has 0 aromatic heterocycles. The average Bonchev–Trinajstić information content (AvgIpc) is 2.05. The van der Waals surface area contributed by atoms with Crippen LogP contribution in [-0.2, 0) is 4.79 Å². The molecule has 84 valence electrons. The lowest BCUT2D eigenvalue weighted by atomic mass is 10.0. The number of carboxylic acid groups (broad SMARTS) is 1. The predicted molar refractivity (Wildman–Crippen MR) is 57.2 cm³/mol. The highest BCUT2D eigenvalue weighted by molar-refractivity contribution is 5.78. The highest BCUT2D eigenvalue weighted by Crippen LogP contribution is 2.10. The van der Waals surface area contributed by atoms with E-state index in [0.717, 1.165) is 12.8 Å². The van der Waals surface area contributed by atoms with Crippen molar-refractivity contribution in [3.05, 3.63) is 0 Å². The van der Waals surface area contributed by atoms with Crippen molar-refractivity contribution in [3.63, 3.8) is 0 Å². The van der Waals surface area contributed by atoms with Gasteiger partial charge < -0.3 is 15.7 Å². The molecule has 4 nitrogen and oxygen atoms in total. The Hall–Kier alpha value is -0.610. The first kappa shape index (κ1) is 13.4. The smallest absolute Gasteiger partial charge is 0.324 e. The predicted octanol–water partition coefficient (Wildman–Crippen LogP) is 0.909. The van der Waals surface area contributed by atoms with Crippen molar-refractivity contribution < 1.29 is 9.90 Å². The maximum Gasteiger partial charge on any atom is 0.324 e. The van der Waals surface area contributed by atoms with Gasteiger partial charge in [0, 0.05) is 12.6 Å². The van der Waals surface area contributed by atoms with Gasteiger partial charge >= 0.3 is 5.97 Å². The fraction of sp³-hybridized carbons (Fsp3) is 0.900. The van der Waals surface area contributed by atoms with Crippen LogP contribution in [0.1, 0.15) is 33.6 Å². The van der Waals surface area contributed by atoms with Crippen LogP contribution in [0.2, 0.25) is 0 Å². The van der Waals surface area contributed by atoms with E-state index >= 15 is 0 Å². The Morgan fingerprint density at radius 3 is 2.21 bits per heavy atom. The number of nitrogens with two attached hydrogens (primary N) is 1. The number of hydrogen-bond donors (Lipinski definition) is 2. The Balaban J connectivity index is 4.29. The topological polar surface area (TPSA) is 66.6 Å². The van der Waals surface area contributed by atoms with Crippen LogP contribution in [-0.4, -0.2) is 41.1 Å². The van der Waals surface area contributed by atoms with Crippen molar-refractivity contribution in [2.75, 3.05) is 13.6 Å². The van der Waals surface area contributed by atoms with Crippen LogP contribution in [0.3, 0.4) is 0 Å². The van der Waals surface area contributed by atoms with Gasteiger partial charge in [0.05, 0.1) is 0 Å². The van der Waals surface area contributed by atoms with E-state index in [1.54, 1.807) is 6.92 Å². The summed E-state index contributed by atoms with van der Waals surface area (Å²) in [6.07, 6.45) is 2.03.